The Kier molecular flexibility index (Phi) is 5.86. The summed E-state index contributed by atoms with van der Waals surface area (Å²) >= 11 is 1.04. The molecule has 0 spiro atoms. The summed E-state index contributed by atoms with van der Waals surface area (Å²) in [5, 5.41) is 2.88. The second kappa shape index (κ2) is 7.87. The minimum absolute atomic E-state index is 0.264. The van der Waals surface area contributed by atoms with E-state index in [9.17, 15) is 14.0 Å². The highest BCUT2D eigenvalue weighted by Gasteiger charge is 2.20. The second-order valence-electron chi connectivity index (χ2n) is 4.86. The second-order valence-corrected chi connectivity index (χ2v) is 5.86. The number of ether oxygens (including phenoxy) is 2. The molecule has 128 valence electrons. The van der Waals surface area contributed by atoms with Crippen LogP contribution in [0.2, 0.25) is 0 Å². The Labute approximate surface area is 142 Å². The third kappa shape index (κ3) is 4.51. The molecule has 1 heterocycles. The zero-order chi connectivity index (χ0) is 17.7. The number of aryl methyl sites for hydroxylation is 1. The maximum absolute atomic E-state index is 12.9. The van der Waals surface area contributed by atoms with Crippen molar-refractivity contribution >= 4 is 28.3 Å². The van der Waals surface area contributed by atoms with Gasteiger partial charge in [-0.25, -0.2) is 14.2 Å². The number of hydrogen-bond donors (Lipinski definition) is 1. The van der Waals surface area contributed by atoms with Gasteiger partial charge in [-0.15, -0.1) is 0 Å². The summed E-state index contributed by atoms with van der Waals surface area (Å²) in [4.78, 5) is 28.4. The molecule has 2 rings (SSSR count). The number of halogens is 1. The molecule has 0 bridgehead atoms. The molecule has 0 aliphatic heterocycles. The average Bonchev–Trinajstić information content (AvgIpc) is 2.90. The number of carbonyl (C=O) groups excluding carboxylic acids is 2. The van der Waals surface area contributed by atoms with Gasteiger partial charge in [0.2, 0.25) is 0 Å². The van der Waals surface area contributed by atoms with E-state index in [1.165, 1.54) is 24.3 Å². The quantitative estimate of drug-likeness (QED) is 0.808. The number of nitrogens with zero attached hydrogens (tertiary/aromatic N) is 1. The maximum atomic E-state index is 12.9. The molecule has 0 saturated heterocycles. The van der Waals surface area contributed by atoms with Crippen molar-refractivity contribution in [2.24, 2.45) is 0 Å². The summed E-state index contributed by atoms with van der Waals surface area (Å²) in [6, 6.07) is 5.36. The molecule has 1 amide bonds. The van der Waals surface area contributed by atoms with Crippen molar-refractivity contribution in [1.82, 2.24) is 4.98 Å². The average molecular weight is 352 g/mol. The molecule has 2 aromatic rings. The normalized spacial score (nSPS) is 11.7. The molecule has 0 radical (unpaired) electrons. The standard InChI is InChI=1S/C16H17FN2O4S/c1-4-22-15(21)13-9(2)18-16(24-13)19-14(20)10(3)23-12-7-5-11(17)6-8-12/h5-8,10H,4H2,1-3H3,(H,18,19,20)/t10-/m1/s1. The Morgan fingerprint density at radius 3 is 2.62 bits per heavy atom. The number of carbonyl (C=O) groups is 2. The Morgan fingerprint density at radius 2 is 2.00 bits per heavy atom. The van der Waals surface area contributed by atoms with E-state index in [-0.39, 0.29) is 17.6 Å². The maximum Gasteiger partial charge on any atom is 0.350 e. The van der Waals surface area contributed by atoms with Crippen LogP contribution < -0.4 is 10.1 Å². The van der Waals surface area contributed by atoms with Gasteiger partial charge < -0.3 is 9.47 Å². The highest BCUT2D eigenvalue weighted by atomic mass is 32.1. The third-order valence-corrected chi connectivity index (χ3v) is 4.04. The predicted molar refractivity (Wildman–Crippen MR) is 87.9 cm³/mol. The van der Waals surface area contributed by atoms with Crippen LogP contribution in [0.1, 0.15) is 29.2 Å². The number of aromatic nitrogens is 1. The molecule has 0 aliphatic rings. The van der Waals surface area contributed by atoms with Gasteiger partial charge in [0.25, 0.3) is 5.91 Å². The first-order valence-electron chi connectivity index (χ1n) is 7.28. The summed E-state index contributed by atoms with van der Waals surface area (Å²) in [7, 11) is 0. The lowest BCUT2D eigenvalue weighted by Gasteiger charge is -2.13. The van der Waals surface area contributed by atoms with Crippen molar-refractivity contribution < 1.29 is 23.5 Å². The highest BCUT2D eigenvalue weighted by Crippen LogP contribution is 2.24. The number of rotatable bonds is 6. The van der Waals surface area contributed by atoms with Crippen LogP contribution in [-0.2, 0) is 9.53 Å². The van der Waals surface area contributed by atoms with Crippen LogP contribution in [0.25, 0.3) is 0 Å². The largest absolute Gasteiger partial charge is 0.481 e. The molecule has 0 fully saturated rings. The van der Waals surface area contributed by atoms with Gasteiger partial charge in [-0.05, 0) is 45.0 Å². The van der Waals surface area contributed by atoms with E-state index in [4.69, 9.17) is 9.47 Å². The van der Waals surface area contributed by atoms with Crippen molar-refractivity contribution in [3.05, 3.63) is 40.7 Å². The molecule has 1 aromatic heterocycles. The number of benzene rings is 1. The van der Waals surface area contributed by atoms with Crippen LogP contribution in [0, 0.1) is 12.7 Å². The lowest BCUT2D eigenvalue weighted by Crippen LogP contribution is -2.30. The fourth-order valence-electron chi connectivity index (χ4n) is 1.81. The van der Waals surface area contributed by atoms with E-state index in [0.29, 0.717) is 16.3 Å². The summed E-state index contributed by atoms with van der Waals surface area (Å²) < 4.78 is 23.2. The molecular formula is C16H17FN2O4S. The summed E-state index contributed by atoms with van der Waals surface area (Å²) in [6.07, 6.45) is -0.814. The first-order chi connectivity index (χ1) is 11.4. The number of esters is 1. The zero-order valence-electron chi connectivity index (χ0n) is 13.5. The number of thiazole rings is 1. The highest BCUT2D eigenvalue weighted by molar-refractivity contribution is 7.17. The fourth-order valence-corrected chi connectivity index (χ4v) is 2.68. The molecule has 24 heavy (non-hydrogen) atoms. The van der Waals surface area contributed by atoms with Crippen molar-refractivity contribution in [3.63, 3.8) is 0 Å². The molecular weight excluding hydrogens is 335 g/mol. The van der Waals surface area contributed by atoms with Gasteiger partial charge >= 0.3 is 5.97 Å². The van der Waals surface area contributed by atoms with E-state index in [1.54, 1.807) is 20.8 Å². The number of nitrogens with one attached hydrogen (secondary N) is 1. The molecule has 1 atom stereocenters. The molecule has 6 nitrogen and oxygen atoms in total. The molecule has 0 saturated carbocycles. The van der Waals surface area contributed by atoms with Crippen LogP contribution >= 0.6 is 11.3 Å². The molecule has 0 aliphatic carbocycles. The summed E-state index contributed by atoms with van der Waals surface area (Å²) in [5.41, 5.74) is 0.487. The molecule has 1 N–H and O–H groups in total. The van der Waals surface area contributed by atoms with Crippen LogP contribution in [0.5, 0.6) is 5.75 Å². The summed E-state index contributed by atoms with van der Waals surface area (Å²) in [6.45, 7) is 5.20. The van der Waals surface area contributed by atoms with Gasteiger partial charge in [-0.2, -0.15) is 0 Å². The van der Waals surface area contributed by atoms with Gasteiger partial charge in [0, 0.05) is 0 Å². The first-order valence-corrected chi connectivity index (χ1v) is 8.10. The lowest BCUT2D eigenvalue weighted by atomic mass is 10.3. The monoisotopic (exact) mass is 352 g/mol. The van der Waals surface area contributed by atoms with Gasteiger partial charge in [0.05, 0.1) is 12.3 Å². The van der Waals surface area contributed by atoms with Crippen molar-refractivity contribution in [3.8, 4) is 5.75 Å². The number of amides is 1. The SMILES string of the molecule is CCOC(=O)c1sc(NC(=O)[C@@H](C)Oc2ccc(F)cc2)nc1C. The van der Waals surface area contributed by atoms with Crippen molar-refractivity contribution in [2.75, 3.05) is 11.9 Å². The van der Waals surface area contributed by atoms with Crippen LogP contribution in [-0.4, -0.2) is 29.6 Å². The van der Waals surface area contributed by atoms with Gasteiger partial charge in [-0.3, -0.25) is 10.1 Å². The van der Waals surface area contributed by atoms with Gasteiger partial charge in [0.1, 0.15) is 16.4 Å². The number of anilines is 1. The number of hydrogen-bond acceptors (Lipinski definition) is 6. The van der Waals surface area contributed by atoms with Crippen LogP contribution in [0.4, 0.5) is 9.52 Å². The van der Waals surface area contributed by atoms with Gasteiger partial charge in [-0.1, -0.05) is 11.3 Å². The molecule has 1 aromatic carbocycles. The topological polar surface area (TPSA) is 77.5 Å². The van der Waals surface area contributed by atoms with E-state index >= 15 is 0 Å². The van der Waals surface area contributed by atoms with Crippen molar-refractivity contribution in [2.45, 2.75) is 26.9 Å². The molecule has 8 heteroatoms. The van der Waals surface area contributed by atoms with Crippen molar-refractivity contribution in [1.29, 1.82) is 0 Å². The van der Waals surface area contributed by atoms with E-state index in [2.05, 4.69) is 10.3 Å². The van der Waals surface area contributed by atoms with E-state index in [0.717, 1.165) is 11.3 Å². The first kappa shape index (κ1) is 17.9. The van der Waals surface area contributed by atoms with Gasteiger partial charge in [0.15, 0.2) is 11.2 Å². The third-order valence-electron chi connectivity index (χ3n) is 2.98. The van der Waals surface area contributed by atoms with Crippen LogP contribution in [0.3, 0.4) is 0 Å². The minimum atomic E-state index is -0.814. The Hall–Kier alpha value is -2.48. The predicted octanol–water partition coefficient (Wildman–Crippen LogP) is 3.17. The Balaban J connectivity index is 1.99. The van der Waals surface area contributed by atoms with Crippen LogP contribution in [0.15, 0.2) is 24.3 Å². The smallest absolute Gasteiger partial charge is 0.350 e. The fraction of sp³-hybridized carbons (Fsp3) is 0.312. The van der Waals surface area contributed by atoms with E-state index in [1.807, 2.05) is 0 Å². The molecule has 0 unspecified atom stereocenters. The van der Waals surface area contributed by atoms with E-state index < -0.39 is 18.0 Å². The Bertz CT molecular complexity index is 730. The minimum Gasteiger partial charge on any atom is -0.481 e. The lowest BCUT2D eigenvalue weighted by molar-refractivity contribution is -0.122. The Morgan fingerprint density at radius 1 is 1.33 bits per heavy atom. The zero-order valence-corrected chi connectivity index (χ0v) is 14.3. The summed E-state index contributed by atoms with van der Waals surface area (Å²) in [5.74, 6) is -0.905.